The predicted octanol–water partition coefficient (Wildman–Crippen LogP) is 3.78. The van der Waals surface area contributed by atoms with Gasteiger partial charge in [-0.2, -0.15) is 0 Å². The van der Waals surface area contributed by atoms with Crippen LogP contribution in [0, 0.1) is 26.7 Å². The third-order valence-corrected chi connectivity index (χ3v) is 7.18. The Morgan fingerprint density at radius 2 is 1.64 bits per heavy atom. The van der Waals surface area contributed by atoms with E-state index in [2.05, 4.69) is 19.1 Å². The van der Waals surface area contributed by atoms with Crippen molar-refractivity contribution in [3.8, 4) is 22.8 Å². The molecule has 1 aromatic heterocycles. The Morgan fingerprint density at radius 1 is 0.972 bits per heavy atom. The minimum atomic E-state index is -0.347. The Bertz CT molecular complexity index is 1490. The Balaban J connectivity index is 1.79. The van der Waals surface area contributed by atoms with Gasteiger partial charge in [0.05, 0.1) is 44.7 Å². The van der Waals surface area contributed by atoms with Crippen LogP contribution in [0.1, 0.15) is 34.7 Å². The molecule has 2 aromatic carbocycles. The van der Waals surface area contributed by atoms with Crippen LogP contribution >= 0.6 is 0 Å². The Hall–Kier alpha value is -3.81. The van der Waals surface area contributed by atoms with Crippen LogP contribution in [0.15, 0.2) is 40.1 Å². The van der Waals surface area contributed by atoms with E-state index in [0.29, 0.717) is 36.4 Å². The standard InChI is InChI=1S/C28H31N3O5/c1-15-9-16(2)26(17(3)10-15)29-25-14-21-19-13-24(35-5)23(34-4)11-18(19)7-8-30(21)28(33)31(25)22-12-20(22)27(32)36-6/h9-11,13-14,20,22H,7-8,12H2,1-6H3/b29-25+. The molecule has 3 aromatic rings. The van der Waals surface area contributed by atoms with Crippen LogP contribution in [0.25, 0.3) is 11.3 Å². The fraction of sp³-hybridized carbons (Fsp3) is 0.393. The largest absolute Gasteiger partial charge is 0.493 e. The molecule has 5 rings (SSSR count). The van der Waals surface area contributed by atoms with E-state index in [1.165, 1.54) is 7.11 Å². The number of nitrogens with zero attached hydrogens (tertiary/aromatic N) is 3. The minimum Gasteiger partial charge on any atom is -0.493 e. The summed E-state index contributed by atoms with van der Waals surface area (Å²) in [7, 11) is 4.60. The van der Waals surface area contributed by atoms with E-state index in [9.17, 15) is 9.59 Å². The van der Waals surface area contributed by atoms with Gasteiger partial charge in [0.25, 0.3) is 0 Å². The number of carbonyl (C=O) groups excluding carboxylic acids is 1. The summed E-state index contributed by atoms with van der Waals surface area (Å²) in [6.45, 7) is 6.62. The summed E-state index contributed by atoms with van der Waals surface area (Å²) >= 11 is 0. The summed E-state index contributed by atoms with van der Waals surface area (Å²) in [5.74, 6) is 0.615. The molecule has 2 unspecified atom stereocenters. The van der Waals surface area contributed by atoms with Crippen molar-refractivity contribution >= 4 is 11.7 Å². The first-order valence-electron chi connectivity index (χ1n) is 12.1. The number of aromatic nitrogens is 2. The van der Waals surface area contributed by atoms with E-state index >= 15 is 0 Å². The van der Waals surface area contributed by atoms with Crippen LogP contribution in [-0.2, 0) is 22.5 Å². The molecule has 0 amide bonds. The number of benzene rings is 2. The zero-order valence-corrected chi connectivity index (χ0v) is 21.5. The molecule has 1 saturated carbocycles. The maximum atomic E-state index is 13.9. The number of hydrogen-bond donors (Lipinski definition) is 0. The lowest BCUT2D eigenvalue weighted by Crippen LogP contribution is -2.42. The Morgan fingerprint density at radius 3 is 2.28 bits per heavy atom. The molecule has 0 bridgehead atoms. The fourth-order valence-electron chi connectivity index (χ4n) is 5.37. The quantitative estimate of drug-likeness (QED) is 0.510. The summed E-state index contributed by atoms with van der Waals surface area (Å²) in [5, 5.41) is 0. The molecule has 1 aliphatic heterocycles. The van der Waals surface area contributed by atoms with Crippen LogP contribution < -0.4 is 20.7 Å². The van der Waals surface area contributed by atoms with Crippen LogP contribution in [0.4, 0.5) is 5.69 Å². The molecule has 2 aliphatic rings. The van der Waals surface area contributed by atoms with Crippen LogP contribution in [0.3, 0.4) is 0 Å². The maximum absolute atomic E-state index is 13.9. The first-order chi connectivity index (χ1) is 17.3. The summed E-state index contributed by atoms with van der Waals surface area (Å²) in [6.07, 6.45) is 1.24. The highest BCUT2D eigenvalue weighted by Crippen LogP contribution is 2.43. The average molecular weight is 490 g/mol. The van der Waals surface area contributed by atoms with Gasteiger partial charge in [-0.15, -0.1) is 0 Å². The van der Waals surface area contributed by atoms with Gasteiger partial charge in [0.15, 0.2) is 11.5 Å². The highest BCUT2D eigenvalue weighted by Gasteiger charge is 2.47. The van der Waals surface area contributed by atoms with Gasteiger partial charge in [-0.1, -0.05) is 17.7 Å². The maximum Gasteiger partial charge on any atom is 0.330 e. The third-order valence-electron chi connectivity index (χ3n) is 7.18. The average Bonchev–Trinajstić information content (AvgIpc) is 3.65. The lowest BCUT2D eigenvalue weighted by molar-refractivity contribution is -0.142. The fourth-order valence-corrected chi connectivity index (χ4v) is 5.37. The number of fused-ring (bicyclic) bond motifs is 3. The van der Waals surface area contributed by atoms with Gasteiger partial charge < -0.3 is 14.2 Å². The van der Waals surface area contributed by atoms with Crippen molar-refractivity contribution in [2.75, 3.05) is 21.3 Å². The Labute approximate surface area is 209 Å². The van der Waals surface area contributed by atoms with E-state index in [0.717, 1.165) is 39.2 Å². The lowest BCUT2D eigenvalue weighted by atomic mass is 9.97. The number of methoxy groups -OCH3 is 3. The van der Waals surface area contributed by atoms with Gasteiger partial charge in [0.2, 0.25) is 0 Å². The van der Waals surface area contributed by atoms with Crippen LogP contribution in [0.2, 0.25) is 0 Å². The molecule has 1 fully saturated rings. The first kappa shape index (κ1) is 23.9. The zero-order valence-electron chi connectivity index (χ0n) is 21.5. The second-order valence-corrected chi connectivity index (χ2v) is 9.60. The number of aryl methyl sites for hydroxylation is 4. The molecule has 0 saturated heterocycles. The molecule has 0 spiro atoms. The molecule has 36 heavy (non-hydrogen) atoms. The molecule has 8 heteroatoms. The van der Waals surface area contributed by atoms with Crippen molar-refractivity contribution in [1.82, 2.24) is 9.13 Å². The summed E-state index contributed by atoms with van der Waals surface area (Å²) in [6, 6.07) is 9.74. The van der Waals surface area contributed by atoms with Crippen molar-refractivity contribution < 1.29 is 19.0 Å². The highest BCUT2D eigenvalue weighted by atomic mass is 16.5. The van der Waals surface area contributed by atoms with Gasteiger partial charge in [0.1, 0.15) is 5.49 Å². The highest BCUT2D eigenvalue weighted by molar-refractivity contribution is 5.76. The molecule has 0 N–H and O–H groups in total. The molecular formula is C28H31N3O5. The number of ether oxygens (including phenoxy) is 3. The second-order valence-electron chi connectivity index (χ2n) is 9.60. The van der Waals surface area contributed by atoms with Gasteiger partial charge in [-0.25, -0.2) is 9.79 Å². The van der Waals surface area contributed by atoms with Gasteiger partial charge in [0, 0.05) is 18.2 Å². The van der Waals surface area contributed by atoms with E-state index < -0.39 is 0 Å². The van der Waals surface area contributed by atoms with Gasteiger partial charge >= 0.3 is 11.7 Å². The van der Waals surface area contributed by atoms with Crippen LogP contribution in [-0.4, -0.2) is 36.4 Å². The summed E-state index contributed by atoms with van der Waals surface area (Å²) in [5.41, 5.74) is 7.17. The molecule has 188 valence electrons. The first-order valence-corrected chi connectivity index (χ1v) is 12.1. The van der Waals surface area contributed by atoms with E-state index in [4.69, 9.17) is 19.2 Å². The van der Waals surface area contributed by atoms with Crippen molar-refractivity contribution in [2.24, 2.45) is 10.9 Å². The molecule has 8 nitrogen and oxygen atoms in total. The third kappa shape index (κ3) is 3.90. The zero-order chi connectivity index (χ0) is 25.7. The second kappa shape index (κ2) is 9.00. The van der Waals surface area contributed by atoms with E-state index in [-0.39, 0.29) is 23.6 Å². The van der Waals surface area contributed by atoms with Crippen molar-refractivity contribution in [1.29, 1.82) is 0 Å². The number of esters is 1. The molecular weight excluding hydrogens is 458 g/mol. The Kier molecular flexibility index (Phi) is 5.98. The lowest BCUT2D eigenvalue weighted by Gasteiger charge is -2.24. The van der Waals surface area contributed by atoms with Crippen molar-refractivity contribution in [3.05, 3.63) is 68.6 Å². The minimum absolute atomic E-state index is 0.175. The summed E-state index contributed by atoms with van der Waals surface area (Å²) < 4.78 is 19.5. The monoisotopic (exact) mass is 489 g/mol. The summed E-state index contributed by atoms with van der Waals surface area (Å²) in [4.78, 5) is 31.2. The van der Waals surface area contributed by atoms with Crippen molar-refractivity contribution in [3.63, 3.8) is 0 Å². The number of rotatable bonds is 5. The topological polar surface area (TPSA) is 84.1 Å². The smallest absolute Gasteiger partial charge is 0.330 e. The molecule has 1 aliphatic carbocycles. The van der Waals surface area contributed by atoms with Crippen molar-refractivity contribution in [2.45, 2.75) is 46.2 Å². The van der Waals surface area contributed by atoms with E-state index in [1.54, 1.807) is 23.4 Å². The number of carbonyl (C=O) groups is 1. The normalized spacial score (nSPS) is 18.3. The van der Waals surface area contributed by atoms with E-state index in [1.807, 2.05) is 32.0 Å². The molecule has 2 heterocycles. The molecule has 2 atom stereocenters. The van der Waals surface area contributed by atoms with Gasteiger partial charge in [-0.05, 0) is 62.4 Å². The van der Waals surface area contributed by atoms with Crippen LogP contribution in [0.5, 0.6) is 11.5 Å². The van der Waals surface area contributed by atoms with Gasteiger partial charge in [-0.3, -0.25) is 13.9 Å². The molecule has 0 radical (unpaired) electrons. The SMILES string of the molecule is COC(=O)C1CC1n1c(=O)n2c(c/c1=N\c1c(C)cc(C)cc1C)-c1cc(OC)c(OC)cc1CC2. The predicted molar refractivity (Wildman–Crippen MR) is 136 cm³/mol. The number of hydrogen-bond acceptors (Lipinski definition) is 6.